The number of carbonyl (C=O) groups is 1. The number of amides is 1. The van der Waals surface area contributed by atoms with Gasteiger partial charge in [0.1, 0.15) is 0 Å². The van der Waals surface area contributed by atoms with Gasteiger partial charge < -0.3 is 20.1 Å². The highest BCUT2D eigenvalue weighted by Crippen LogP contribution is 2.37. The average molecular weight is 300 g/mol. The third-order valence-corrected chi connectivity index (χ3v) is 4.36. The summed E-state index contributed by atoms with van der Waals surface area (Å²) >= 11 is 0. The fourth-order valence-corrected chi connectivity index (χ4v) is 3.02. The number of nitrogens with zero attached hydrogens (tertiary/aromatic N) is 1. The molecule has 21 heavy (non-hydrogen) atoms. The van der Waals surface area contributed by atoms with E-state index in [1.807, 2.05) is 18.7 Å². The van der Waals surface area contributed by atoms with E-state index in [2.05, 4.69) is 0 Å². The van der Waals surface area contributed by atoms with E-state index >= 15 is 0 Å². The molecule has 0 heterocycles. The summed E-state index contributed by atoms with van der Waals surface area (Å²) in [6.45, 7) is 8.15. The summed E-state index contributed by atoms with van der Waals surface area (Å²) in [6, 6.07) is 0. The molecule has 1 rings (SSSR count). The van der Waals surface area contributed by atoms with E-state index in [1.165, 1.54) is 6.42 Å². The molecule has 0 aliphatic heterocycles. The van der Waals surface area contributed by atoms with Crippen LogP contribution < -0.4 is 5.73 Å². The number of hydrogen-bond donors (Lipinski definition) is 1. The number of rotatable bonds is 10. The second-order valence-electron chi connectivity index (χ2n) is 5.73. The lowest BCUT2D eigenvalue weighted by Gasteiger charge is -2.39. The predicted octanol–water partition coefficient (Wildman–Crippen LogP) is 1.80. The van der Waals surface area contributed by atoms with Gasteiger partial charge in [-0.25, -0.2) is 0 Å². The normalized spacial score (nSPS) is 17.7. The third-order valence-electron chi connectivity index (χ3n) is 4.36. The first kappa shape index (κ1) is 18.4. The van der Waals surface area contributed by atoms with E-state index in [1.54, 1.807) is 0 Å². The van der Waals surface area contributed by atoms with E-state index < -0.39 is 0 Å². The topological polar surface area (TPSA) is 64.8 Å². The summed E-state index contributed by atoms with van der Waals surface area (Å²) in [5, 5.41) is 0. The second kappa shape index (κ2) is 10.1. The summed E-state index contributed by atoms with van der Waals surface area (Å²) in [6.07, 6.45) is 5.26. The molecule has 0 bridgehead atoms. The lowest BCUT2D eigenvalue weighted by molar-refractivity contribution is -0.145. The maximum Gasteiger partial charge on any atom is 0.230 e. The zero-order valence-electron chi connectivity index (χ0n) is 13.7. The Bertz CT molecular complexity index is 281. The third kappa shape index (κ3) is 5.57. The quantitative estimate of drug-likeness (QED) is 0.625. The summed E-state index contributed by atoms with van der Waals surface area (Å²) < 4.78 is 10.8. The Morgan fingerprint density at radius 2 is 1.57 bits per heavy atom. The van der Waals surface area contributed by atoms with Gasteiger partial charge in [0.05, 0.1) is 18.6 Å². The fraction of sp³-hybridized carbons (Fsp3) is 0.938. The molecule has 0 spiro atoms. The van der Waals surface area contributed by atoms with Crippen LogP contribution in [0.1, 0.15) is 46.0 Å². The first-order valence-electron chi connectivity index (χ1n) is 8.35. The van der Waals surface area contributed by atoms with Gasteiger partial charge in [-0.2, -0.15) is 0 Å². The molecule has 1 aliphatic carbocycles. The van der Waals surface area contributed by atoms with Gasteiger partial charge in [-0.3, -0.25) is 4.79 Å². The van der Waals surface area contributed by atoms with E-state index in [-0.39, 0.29) is 11.3 Å². The standard InChI is InChI=1S/C16H32N2O3/c1-3-20-12-10-18(11-13-21-4-2)15(19)16(14-17)8-6-5-7-9-16/h3-14,17H2,1-2H3. The van der Waals surface area contributed by atoms with Crippen molar-refractivity contribution in [1.29, 1.82) is 0 Å². The molecule has 0 aromatic heterocycles. The molecule has 0 radical (unpaired) electrons. The zero-order chi connectivity index (χ0) is 15.6. The molecule has 0 atom stereocenters. The van der Waals surface area contributed by atoms with Crippen LogP contribution in [0.3, 0.4) is 0 Å². The molecule has 1 saturated carbocycles. The first-order valence-corrected chi connectivity index (χ1v) is 8.35. The van der Waals surface area contributed by atoms with Crippen molar-refractivity contribution >= 4 is 5.91 Å². The Balaban J connectivity index is 2.65. The Hall–Kier alpha value is -0.650. The van der Waals surface area contributed by atoms with Crippen molar-refractivity contribution in [3.05, 3.63) is 0 Å². The van der Waals surface area contributed by atoms with E-state index in [9.17, 15) is 4.79 Å². The molecule has 2 N–H and O–H groups in total. The Morgan fingerprint density at radius 1 is 1.05 bits per heavy atom. The number of ether oxygens (including phenoxy) is 2. The number of carbonyl (C=O) groups excluding carboxylic acids is 1. The lowest BCUT2D eigenvalue weighted by atomic mass is 9.73. The zero-order valence-corrected chi connectivity index (χ0v) is 13.7. The number of hydrogen-bond acceptors (Lipinski definition) is 4. The maximum absolute atomic E-state index is 13.0. The minimum atomic E-state index is -0.351. The van der Waals surface area contributed by atoms with Crippen molar-refractivity contribution in [3.8, 4) is 0 Å². The minimum absolute atomic E-state index is 0.198. The van der Waals surface area contributed by atoms with E-state index in [0.29, 0.717) is 46.1 Å². The molecule has 0 aromatic carbocycles. The van der Waals surface area contributed by atoms with Crippen LogP contribution in [0.5, 0.6) is 0 Å². The van der Waals surface area contributed by atoms with Crippen LogP contribution in [0.4, 0.5) is 0 Å². The summed E-state index contributed by atoms with van der Waals surface area (Å²) in [4.78, 5) is 14.9. The van der Waals surface area contributed by atoms with Gasteiger partial charge in [0.25, 0.3) is 0 Å². The van der Waals surface area contributed by atoms with Gasteiger partial charge in [0, 0.05) is 32.8 Å². The lowest BCUT2D eigenvalue weighted by Crippen LogP contribution is -2.50. The van der Waals surface area contributed by atoms with E-state index in [0.717, 1.165) is 25.7 Å². The molecular weight excluding hydrogens is 268 g/mol. The molecule has 1 fully saturated rings. The van der Waals surface area contributed by atoms with Gasteiger partial charge in [-0.1, -0.05) is 19.3 Å². The Labute approximate surface area is 129 Å². The monoisotopic (exact) mass is 300 g/mol. The van der Waals surface area contributed by atoms with Crippen LogP contribution in [-0.4, -0.2) is 56.9 Å². The minimum Gasteiger partial charge on any atom is -0.380 e. The summed E-state index contributed by atoms with van der Waals surface area (Å²) in [7, 11) is 0. The fourth-order valence-electron chi connectivity index (χ4n) is 3.02. The highest BCUT2D eigenvalue weighted by molar-refractivity contribution is 5.83. The van der Waals surface area contributed by atoms with Gasteiger partial charge >= 0.3 is 0 Å². The molecule has 0 unspecified atom stereocenters. The highest BCUT2D eigenvalue weighted by atomic mass is 16.5. The maximum atomic E-state index is 13.0. The van der Waals surface area contributed by atoms with Crippen LogP contribution >= 0.6 is 0 Å². The van der Waals surface area contributed by atoms with Gasteiger partial charge in [0.15, 0.2) is 0 Å². The van der Waals surface area contributed by atoms with Gasteiger partial charge in [-0.15, -0.1) is 0 Å². The largest absolute Gasteiger partial charge is 0.380 e. The highest BCUT2D eigenvalue weighted by Gasteiger charge is 2.40. The van der Waals surface area contributed by atoms with Crippen LogP contribution in [0.15, 0.2) is 0 Å². The first-order chi connectivity index (χ1) is 10.2. The van der Waals surface area contributed by atoms with Gasteiger partial charge in [0.2, 0.25) is 5.91 Å². The van der Waals surface area contributed by atoms with Crippen molar-refractivity contribution < 1.29 is 14.3 Å². The van der Waals surface area contributed by atoms with E-state index in [4.69, 9.17) is 15.2 Å². The molecule has 5 nitrogen and oxygen atoms in total. The van der Waals surface area contributed by atoms with Crippen LogP contribution in [0.2, 0.25) is 0 Å². The second-order valence-corrected chi connectivity index (χ2v) is 5.73. The SMILES string of the molecule is CCOCCN(CCOCC)C(=O)C1(CN)CCCCC1. The smallest absolute Gasteiger partial charge is 0.230 e. The predicted molar refractivity (Wildman–Crippen MR) is 84.1 cm³/mol. The van der Waals surface area contributed by atoms with Crippen molar-refractivity contribution in [3.63, 3.8) is 0 Å². The molecule has 1 aliphatic rings. The van der Waals surface area contributed by atoms with Crippen LogP contribution in [0, 0.1) is 5.41 Å². The van der Waals surface area contributed by atoms with Crippen LogP contribution in [0.25, 0.3) is 0 Å². The Morgan fingerprint density at radius 3 is 2.00 bits per heavy atom. The van der Waals surface area contributed by atoms with Crippen molar-refractivity contribution in [1.82, 2.24) is 4.90 Å². The van der Waals surface area contributed by atoms with Crippen molar-refractivity contribution in [2.45, 2.75) is 46.0 Å². The average Bonchev–Trinajstić information content (AvgIpc) is 2.53. The molecule has 124 valence electrons. The molecule has 0 aromatic rings. The molecule has 5 heteroatoms. The van der Waals surface area contributed by atoms with Crippen LogP contribution in [-0.2, 0) is 14.3 Å². The summed E-state index contributed by atoms with van der Waals surface area (Å²) in [5.41, 5.74) is 5.63. The summed E-state index contributed by atoms with van der Waals surface area (Å²) in [5.74, 6) is 0.198. The number of nitrogens with two attached hydrogens (primary N) is 1. The van der Waals surface area contributed by atoms with Crippen molar-refractivity contribution in [2.75, 3.05) is 46.1 Å². The molecule has 1 amide bonds. The van der Waals surface area contributed by atoms with Gasteiger partial charge in [-0.05, 0) is 26.7 Å². The van der Waals surface area contributed by atoms with Crippen molar-refractivity contribution in [2.24, 2.45) is 11.1 Å². The Kier molecular flexibility index (Phi) is 8.88. The molecular formula is C16H32N2O3. The molecule has 0 saturated heterocycles.